The van der Waals surface area contributed by atoms with Crippen LogP contribution in [0.15, 0.2) is 11.6 Å². The molecule has 3 saturated carbocycles. The van der Waals surface area contributed by atoms with Gasteiger partial charge in [-0.1, -0.05) is 19.4 Å². The molecule has 3 heteroatoms. The minimum absolute atomic E-state index is 0. The second-order valence-electron chi connectivity index (χ2n) is 8.61. The summed E-state index contributed by atoms with van der Waals surface area (Å²) in [5.74, 6) is 2.57. The van der Waals surface area contributed by atoms with Crippen LogP contribution in [0, 0.1) is 28.6 Å². The van der Waals surface area contributed by atoms with E-state index in [1.807, 2.05) is 6.08 Å². The SMILES string of the molecule is C[C@]12CC[C@H]3[C@@H](CCC4=CC(=O)CC[C@@]43C)[C@@H]1CC[C@@H]2O.O. The van der Waals surface area contributed by atoms with Crippen LogP contribution in [0.5, 0.6) is 0 Å². The Hall–Kier alpha value is -0.670. The molecule has 4 aliphatic rings. The van der Waals surface area contributed by atoms with Crippen molar-refractivity contribution in [3.63, 3.8) is 0 Å². The van der Waals surface area contributed by atoms with Gasteiger partial charge in [-0.25, -0.2) is 0 Å². The molecule has 4 rings (SSSR count). The van der Waals surface area contributed by atoms with Crippen LogP contribution >= 0.6 is 0 Å². The first-order valence-corrected chi connectivity index (χ1v) is 8.87. The number of carbonyl (C=O) groups is 1. The normalized spacial score (nSPS) is 50.3. The number of aliphatic hydroxyl groups excluding tert-OH is 1. The summed E-state index contributed by atoms with van der Waals surface area (Å²) in [4.78, 5) is 11.8. The van der Waals surface area contributed by atoms with Crippen LogP contribution in [-0.4, -0.2) is 22.5 Å². The Morgan fingerprint density at radius 2 is 1.82 bits per heavy atom. The summed E-state index contributed by atoms with van der Waals surface area (Å²) in [5.41, 5.74) is 1.89. The van der Waals surface area contributed by atoms with Gasteiger partial charge in [0.05, 0.1) is 6.10 Å². The first kappa shape index (κ1) is 16.2. The minimum atomic E-state index is -0.0823. The fraction of sp³-hybridized carbons (Fsp3) is 0.842. The highest BCUT2D eigenvalue weighted by atomic mass is 16.3. The maximum atomic E-state index is 11.8. The molecular formula is C19H30O3. The van der Waals surface area contributed by atoms with Gasteiger partial charge in [0.1, 0.15) is 0 Å². The van der Waals surface area contributed by atoms with E-state index in [4.69, 9.17) is 0 Å². The summed E-state index contributed by atoms with van der Waals surface area (Å²) in [7, 11) is 0. The van der Waals surface area contributed by atoms with Crippen LogP contribution < -0.4 is 0 Å². The molecular weight excluding hydrogens is 276 g/mol. The molecule has 0 aliphatic heterocycles. The number of hydrogen-bond donors (Lipinski definition) is 1. The second-order valence-corrected chi connectivity index (χ2v) is 8.61. The lowest BCUT2D eigenvalue weighted by Crippen LogP contribution is -2.51. The van der Waals surface area contributed by atoms with Crippen molar-refractivity contribution in [3.8, 4) is 0 Å². The third kappa shape index (κ3) is 1.98. The fourth-order valence-electron chi connectivity index (χ4n) is 6.53. The van der Waals surface area contributed by atoms with Crippen LogP contribution in [0.1, 0.15) is 65.2 Å². The highest BCUT2D eigenvalue weighted by Crippen LogP contribution is 2.65. The summed E-state index contributed by atoms with van der Waals surface area (Å²) < 4.78 is 0. The van der Waals surface area contributed by atoms with Crippen molar-refractivity contribution in [2.45, 2.75) is 71.3 Å². The van der Waals surface area contributed by atoms with Gasteiger partial charge in [-0.15, -0.1) is 0 Å². The summed E-state index contributed by atoms with van der Waals surface area (Å²) in [6, 6.07) is 0. The van der Waals surface area contributed by atoms with Crippen molar-refractivity contribution in [1.29, 1.82) is 0 Å². The predicted octanol–water partition coefficient (Wildman–Crippen LogP) is 3.05. The summed E-state index contributed by atoms with van der Waals surface area (Å²) in [5, 5.41) is 10.4. The van der Waals surface area contributed by atoms with E-state index < -0.39 is 0 Å². The molecule has 6 atom stereocenters. The molecule has 0 saturated heterocycles. The maximum Gasteiger partial charge on any atom is 0.155 e. The quantitative estimate of drug-likeness (QED) is 0.747. The summed E-state index contributed by atoms with van der Waals surface area (Å²) in [6.45, 7) is 4.76. The molecule has 4 aliphatic carbocycles. The molecule has 124 valence electrons. The first-order chi connectivity index (χ1) is 9.95. The summed E-state index contributed by atoms with van der Waals surface area (Å²) in [6.07, 6.45) is 10.7. The van der Waals surface area contributed by atoms with E-state index in [-0.39, 0.29) is 22.4 Å². The molecule has 0 bridgehead atoms. The Bertz CT molecular complexity index is 511. The van der Waals surface area contributed by atoms with Gasteiger partial charge in [-0.3, -0.25) is 4.79 Å². The van der Waals surface area contributed by atoms with E-state index in [1.54, 1.807) is 0 Å². The molecule has 0 aromatic rings. The number of aliphatic hydroxyl groups is 1. The number of ketones is 1. The Kier molecular flexibility index (Phi) is 3.81. The van der Waals surface area contributed by atoms with Gasteiger partial charge >= 0.3 is 0 Å². The molecule has 3 nitrogen and oxygen atoms in total. The monoisotopic (exact) mass is 306 g/mol. The van der Waals surface area contributed by atoms with Crippen molar-refractivity contribution >= 4 is 5.78 Å². The van der Waals surface area contributed by atoms with Gasteiger partial charge in [0.15, 0.2) is 5.78 Å². The zero-order chi connectivity index (χ0) is 14.8. The summed E-state index contributed by atoms with van der Waals surface area (Å²) >= 11 is 0. The number of fused-ring (bicyclic) bond motifs is 5. The van der Waals surface area contributed by atoms with Crippen molar-refractivity contribution in [2.75, 3.05) is 0 Å². The number of rotatable bonds is 0. The Morgan fingerprint density at radius 1 is 1.05 bits per heavy atom. The Labute approximate surface area is 133 Å². The third-order valence-electron chi connectivity index (χ3n) is 7.91. The molecule has 3 fully saturated rings. The number of allylic oxidation sites excluding steroid dienone is 1. The molecule has 0 spiro atoms. The maximum absolute atomic E-state index is 11.8. The highest BCUT2D eigenvalue weighted by molar-refractivity contribution is 5.91. The lowest BCUT2D eigenvalue weighted by atomic mass is 9.47. The Morgan fingerprint density at radius 3 is 2.59 bits per heavy atom. The average molecular weight is 306 g/mol. The van der Waals surface area contributed by atoms with Gasteiger partial charge in [0.25, 0.3) is 0 Å². The largest absolute Gasteiger partial charge is 0.412 e. The lowest BCUT2D eigenvalue weighted by molar-refractivity contribution is -0.118. The second kappa shape index (κ2) is 5.17. The van der Waals surface area contributed by atoms with Crippen molar-refractivity contribution < 1.29 is 15.4 Å². The topological polar surface area (TPSA) is 68.8 Å². The van der Waals surface area contributed by atoms with Gasteiger partial charge in [-0.05, 0) is 79.6 Å². The number of hydrogen-bond acceptors (Lipinski definition) is 2. The molecule has 0 amide bonds. The average Bonchev–Trinajstić information content (AvgIpc) is 2.76. The van der Waals surface area contributed by atoms with E-state index in [0.29, 0.717) is 11.7 Å². The molecule has 0 aromatic heterocycles. The molecule has 22 heavy (non-hydrogen) atoms. The zero-order valence-corrected chi connectivity index (χ0v) is 13.9. The fourth-order valence-corrected chi connectivity index (χ4v) is 6.53. The van der Waals surface area contributed by atoms with E-state index in [2.05, 4.69) is 13.8 Å². The van der Waals surface area contributed by atoms with Gasteiger partial charge in [0.2, 0.25) is 0 Å². The van der Waals surface area contributed by atoms with Crippen molar-refractivity contribution in [2.24, 2.45) is 28.6 Å². The molecule has 0 aromatic carbocycles. The standard InChI is InChI=1S/C19H28O2.H2O/c1-18-9-7-13(20)11-12(18)3-4-14-15-5-6-17(21)19(15,2)10-8-16(14)18;/h11,14-17,21H,3-10H2,1-2H3;1H2/t14-,15-,16-,17-,18-,19-;/m0./s1. The number of carbonyl (C=O) groups excluding carboxylic acids is 1. The molecule has 0 unspecified atom stereocenters. The van der Waals surface area contributed by atoms with Crippen LogP contribution in [0.2, 0.25) is 0 Å². The van der Waals surface area contributed by atoms with Crippen LogP contribution in [0.25, 0.3) is 0 Å². The predicted molar refractivity (Wildman–Crippen MR) is 86.3 cm³/mol. The van der Waals surface area contributed by atoms with Crippen molar-refractivity contribution in [1.82, 2.24) is 0 Å². The smallest absolute Gasteiger partial charge is 0.155 e. The van der Waals surface area contributed by atoms with E-state index in [1.165, 1.54) is 31.3 Å². The van der Waals surface area contributed by atoms with Crippen LogP contribution in [-0.2, 0) is 4.79 Å². The van der Waals surface area contributed by atoms with E-state index >= 15 is 0 Å². The van der Waals surface area contributed by atoms with Crippen LogP contribution in [0.4, 0.5) is 0 Å². The van der Waals surface area contributed by atoms with Gasteiger partial charge < -0.3 is 10.6 Å². The highest BCUT2D eigenvalue weighted by Gasteiger charge is 2.58. The third-order valence-corrected chi connectivity index (χ3v) is 7.91. The first-order valence-electron chi connectivity index (χ1n) is 8.87. The van der Waals surface area contributed by atoms with E-state index in [9.17, 15) is 9.90 Å². The van der Waals surface area contributed by atoms with Crippen LogP contribution in [0.3, 0.4) is 0 Å². The van der Waals surface area contributed by atoms with Gasteiger partial charge in [-0.2, -0.15) is 0 Å². The zero-order valence-electron chi connectivity index (χ0n) is 13.9. The van der Waals surface area contributed by atoms with Gasteiger partial charge in [0, 0.05) is 6.42 Å². The van der Waals surface area contributed by atoms with E-state index in [0.717, 1.165) is 37.5 Å². The minimum Gasteiger partial charge on any atom is -0.412 e. The lowest BCUT2D eigenvalue weighted by Gasteiger charge is -2.57. The molecule has 3 N–H and O–H groups in total. The molecule has 0 heterocycles. The Balaban J connectivity index is 0.00000144. The molecule has 0 radical (unpaired) electrons. The van der Waals surface area contributed by atoms with Crippen molar-refractivity contribution in [3.05, 3.63) is 11.6 Å².